The van der Waals surface area contributed by atoms with Crippen molar-refractivity contribution in [3.05, 3.63) is 48.4 Å². The lowest BCUT2D eigenvalue weighted by Gasteiger charge is -2.33. The van der Waals surface area contributed by atoms with Gasteiger partial charge >= 0.3 is 6.03 Å². The number of carbonyl (C=O) groups is 1. The van der Waals surface area contributed by atoms with Gasteiger partial charge in [-0.3, -0.25) is 10.9 Å². The zero-order chi connectivity index (χ0) is 21.0. The van der Waals surface area contributed by atoms with Gasteiger partial charge in [-0.1, -0.05) is 26.0 Å². The summed E-state index contributed by atoms with van der Waals surface area (Å²) in [6, 6.07) is 7.96. The second-order valence-corrected chi connectivity index (χ2v) is 9.27. The summed E-state index contributed by atoms with van der Waals surface area (Å²) in [5, 5.41) is 2.35. The van der Waals surface area contributed by atoms with E-state index in [9.17, 15) is 17.6 Å². The van der Waals surface area contributed by atoms with Crippen molar-refractivity contribution in [1.29, 1.82) is 0 Å². The number of benzene rings is 1. The Morgan fingerprint density at radius 1 is 1.14 bits per heavy atom. The van der Waals surface area contributed by atoms with Gasteiger partial charge in [0, 0.05) is 19.3 Å². The number of carbonyl (C=O) groups excluding carboxylic acids is 1. The summed E-state index contributed by atoms with van der Waals surface area (Å²) in [7, 11) is -3.62. The van der Waals surface area contributed by atoms with Crippen LogP contribution in [0.25, 0.3) is 0 Å². The molecular formula is C19H24FN5O3S. The van der Waals surface area contributed by atoms with E-state index in [0.29, 0.717) is 24.9 Å². The molecule has 0 unspecified atom stereocenters. The molecule has 156 valence electrons. The number of urea groups is 1. The maximum atomic E-state index is 13.5. The molecule has 1 aromatic carbocycles. The highest BCUT2D eigenvalue weighted by Gasteiger charge is 2.31. The number of amides is 2. The molecule has 1 fully saturated rings. The number of hydrazine groups is 1. The van der Waals surface area contributed by atoms with Crippen LogP contribution in [0.5, 0.6) is 0 Å². The molecule has 1 saturated heterocycles. The average molecular weight is 421 g/mol. The molecule has 10 heteroatoms. The normalized spacial score (nSPS) is 20.1. The summed E-state index contributed by atoms with van der Waals surface area (Å²) in [4.78, 5) is 16.0. The first-order chi connectivity index (χ1) is 13.8. The number of para-hydroxylation sites is 1. The number of aromatic nitrogens is 1. The highest BCUT2D eigenvalue weighted by Crippen LogP contribution is 2.26. The first-order valence-electron chi connectivity index (χ1n) is 9.29. The molecule has 3 N–H and O–H groups in total. The van der Waals surface area contributed by atoms with Crippen molar-refractivity contribution in [2.75, 3.05) is 23.8 Å². The van der Waals surface area contributed by atoms with Crippen LogP contribution in [0.4, 0.5) is 20.7 Å². The van der Waals surface area contributed by atoms with Gasteiger partial charge in [-0.2, -0.15) is 4.31 Å². The van der Waals surface area contributed by atoms with Crippen LogP contribution in [0.15, 0.2) is 47.5 Å². The largest absolute Gasteiger partial charge is 0.337 e. The number of halogens is 1. The maximum absolute atomic E-state index is 13.5. The molecule has 2 atom stereocenters. The zero-order valence-corrected chi connectivity index (χ0v) is 17.0. The minimum absolute atomic E-state index is 0.0335. The third kappa shape index (κ3) is 5.21. The Kier molecular flexibility index (Phi) is 6.33. The maximum Gasteiger partial charge on any atom is 0.337 e. The fraction of sp³-hybridized carbons (Fsp3) is 0.368. The molecule has 2 amide bonds. The third-order valence-electron chi connectivity index (χ3n) is 4.64. The van der Waals surface area contributed by atoms with Crippen LogP contribution in [0, 0.1) is 17.7 Å². The van der Waals surface area contributed by atoms with Gasteiger partial charge in [0.1, 0.15) is 16.5 Å². The SMILES string of the molecule is C[C@@H]1C[C@H](C)CN(S(=O)(=O)c2ccc(NNC(=O)Nc3ccccc3F)nc2)C1. The molecule has 2 aromatic rings. The van der Waals surface area contributed by atoms with E-state index in [1.807, 2.05) is 13.8 Å². The molecular weight excluding hydrogens is 397 g/mol. The molecule has 2 heterocycles. The van der Waals surface area contributed by atoms with Gasteiger partial charge in [-0.25, -0.2) is 22.6 Å². The predicted octanol–water partition coefficient (Wildman–Crippen LogP) is 3.04. The topological polar surface area (TPSA) is 103 Å². The number of piperidine rings is 1. The Labute approximate surface area is 169 Å². The number of rotatable bonds is 5. The molecule has 0 bridgehead atoms. The first kappa shape index (κ1) is 21.0. The van der Waals surface area contributed by atoms with E-state index in [1.165, 1.54) is 40.8 Å². The van der Waals surface area contributed by atoms with E-state index < -0.39 is 21.9 Å². The number of hydrogen-bond acceptors (Lipinski definition) is 5. The van der Waals surface area contributed by atoms with Gasteiger partial charge in [-0.05, 0) is 42.5 Å². The molecule has 0 saturated carbocycles. The number of hydrogen-bond donors (Lipinski definition) is 3. The molecule has 1 aromatic heterocycles. The first-order valence-corrected chi connectivity index (χ1v) is 10.7. The van der Waals surface area contributed by atoms with Crippen molar-refractivity contribution in [1.82, 2.24) is 14.7 Å². The second kappa shape index (κ2) is 8.75. The number of anilines is 2. The molecule has 8 nitrogen and oxygen atoms in total. The molecule has 29 heavy (non-hydrogen) atoms. The Bertz CT molecular complexity index is 958. The number of nitrogens with zero attached hydrogens (tertiary/aromatic N) is 2. The molecule has 1 aliphatic heterocycles. The van der Waals surface area contributed by atoms with Gasteiger partial charge in [0.25, 0.3) is 0 Å². The predicted molar refractivity (Wildman–Crippen MR) is 108 cm³/mol. The Morgan fingerprint density at radius 3 is 2.45 bits per heavy atom. The van der Waals surface area contributed by atoms with Crippen molar-refractivity contribution in [3.63, 3.8) is 0 Å². The van der Waals surface area contributed by atoms with E-state index in [2.05, 4.69) is 21.2 Å². The van der Waals surface area contributed by atoms with Crippen LogP contribution < -0.4 is 16.2 Å². The van der Waals surface area contributed by atoms with Crippen LogP contribution >= 0.6 is 0 Å². The fourth-order valence-corrected chi connectivity index (χ4v) is 5.02. The zero-order valence-electron chi connectivity index (χ0n) is 16.2. The number of sulfonamides is 1. The van der Waals surface area contributed by atoms with Crippen LogP contribution in [0.2, 0.25) is 0 Å². The van der Waals surface area contributed by atoms with E-state index >= 15 is 0 Å². The minimum atomic E-state index is -3.62. The van der Waals surface area contributed by atoms with Crippen LogP contribution in [-0.4, -0.2) is 36.8 Å². The van der Waals surface area contributed by atoms with Crippen molar-refractivity contribution < 1.29 is 17.6 Å². The molecule has 1 aliphatic rings. The molecule has 0 aliphatic carbocycles. The lowest BCUT2D eigenvalue weighted by Crippen LogP contribution is -2.42. The minimum Gasteiger partial charge on any atom is -0.304 e. The monoisotopic (exact) mass is 421 g/mol. The summed E-state index contributed by atoms with van der Waals surface area (Å²) in [6.45, 7) is 5.07. The highest BCUT2D eigenvalue weighted by atomic mass is 32.2. The lowest BCUT2D eigenvalue weighted by molar-refractivity contribution is 0.222. The fourth-order valence-electron chi connectivity index (χ4n) is 3.39. The van der Waals surface area contributed by atoms with Crippen molar-refractivity contribution in [2.24, 2.45) is 11.8 Å². The molecule has 0 spiro atoms. The van der Waals surface area contributed by atoms with Crippen LogP contribution in [0.3, 0.4) is 0 Å². The summed E-state index contributed by atoms with van der Waals surface area (Å²) in [5.41, 5.74) is 4.90. The Morgan fingerprint density at radius 2 is 1.83 bits per heavy atom. The lowest BCUT2D eigenvalue weighted by atomic mass is 9.94. The summed E-state index contributed by atoms with van der Waals surface area (Å²) in [6.07, 6.45) is 2.26. The quantitative estimate of drug-likeness (QED) is 0.644. The van der Waals surface area contributed by atoms with Crippen LogP contribution in [0.1, 0.15) is 20.3 Å². The van der Waals surface area contributed by atoms with E-state index in [4.69, 9.17) is 0 Å². The van der Waals surface area contributed by atoms with Crippen molar-refractivity contribution >= 4 is 27.6 Å². The summed E-state index contributed by atoms with van der Waals surface area (Å²) in [5.74, 6) is 0.295. The van der Waals surface area contributed by atoms with Gasteiger partial charge < -0.3 is 5.32 Å². The smallest absolute Gasteiger partial charge is 0.304 e. The highest BCUT2D eigenvalue weighted by molar-refractivity contribution is 7.89. The Balaban J connectivity index is 1.60. The van der Waals surface area contributed by atoms with Gasteiger partial charge in [-0.15, -0.1) is 0 Å². The van der Waals surface area contributed by atoms with E-state index in [-0.39, 0.29) is 16.4 Å². The van der Waals surface area contributed by atoms with E-state index in [0.717, 1.165) is 6.42 Å². The molecule has 3 rings (SSSR count). The standard InChI is InChI=1S/C19H24FN5O3S/c1-13-9-14(2)12-25(11-13)29(27,28)15-7-8-18(21-10-15)23-24-19(26)22-17-6-4-3-5-16(17)20/h3-8,10,13-14H,9,11-12H2,1-2H3,(H,21,23)(H2,22,24,26)/t13-,14+. The second-order valence-electron chi connectivity index (χ2n) is 7.33. The van der Waals surface area contributed by atoms with Crippen molar-refractivity contribution in [3.8, 4) is 0 Å². The molecule has 0 radical (unpaired) electrons. The number of nitrogens with one attached hydrogen (secondary N) is 3. The third-order valence-corrected chi connectivity index (χ3v) is 6.45. The number of pyridine rings is 1. The summed E-state index contributed by atoms with van der Waals surface area (Å²) < 4.78 is 40.7. The van der Waals surface area contributed by atoms with Gasteiger partial charge in [0.15, 0.2) is 0 Å². The van der Waals surface area contributed by atoms with Gasteiger partial charge in [0.2, 0.25) is 10.0 Å². The Hall–Kier alpha value is -2.72. The van der Waals surface area contributed by atoms with Gasteiger partial charge in [0.05, 0.1) is 5.69 Å². The van der Waals surface area contributed by atoms with Crippen LogP contribution in [-0.2, 0) is 10.0 Å². The van der Waals surface area contributed by atoms with E-state index in [1.54, 1.807) is 6.07 Å². The average Bonchev–Trinajstić information content (AvgIpc) is 2.68. The summed E-state index contributed by atoms with van der Waals surface area (Å²) >= 11 is 0. The van der Waals surface area contributed by atoms with Crippen molar-refractivity contribution in [2.45, 2.75) is 25.2 Å².